The fraction of sp³-hybridized carbons (Fsp3) is 0.800. The molecule has 4 atom stereocenters. The molecule has 126 valence electrons. The molecule has 1 aliphatic carbocycles. The zero-order valence-corrected chi connectivity index (χ0v) is 15.0. The van der Waals surface area contributed by atoms with Gasteiger partial charge in [0.05, 0.1) is 0 Å². The van der Waals surface area contributed by atoms with Gasteiger partial charge in [0.1, 0.15) is 11.6 Å². The Morgan fingerprint density at radius 3 is 2.05 bits per heavy atom. The van der Waals surface area contributed by atoms with Gasteiger partial charge < -0.3 is 0 Å². The second kappa shape index (κ2) is 9.27. The van der Waals surface area contributed by atoms with Crippen molar-refractivity contribution in [2.75, 3.05) is 0 Å². The molecule has 0 amide bonds. The Morgan fingerprint density at radius 2 is 1.45 bits per heavy atom. The Balaban J connectivity index is 2.73. The predicted octanol–water partition coefficient (Wildman–Crippen LogP) is 5.36. The first-order chi connectivity index (χ1) is 10.3. The monoisotopic (exact) mass is 306 g/mol. The van der Waals surface area contributed by atoms with Gasteiger partial charge in [-0.15, -0.1) is 0 Å². The molecule has 0 saturated heterocycles. The minimum atomic E-state index is 0.144. The first kappa shape index (κ1) is 19.1. The molecule has 0 unspecified atom stereocenters. The summed E-state index contributed by atoms with van der Waals surface area (Å²) in [6, 6.07) is 0. The van der Waals surface area contributed by atoms with Gasteiger partial charge in [-0.2, -0.15) is 0 Å². The van der Waals surface area contributed by atoms with Crippen molar-refractivity contribution in [2.24, 2.45) is 23.7 Å². The van der Waals surface area contributed by atoms with Crippen LogP contribution in [0.5, 0.6) is 0 Å². The average molecular weight is 306 g/mol. The van der Waals surface area contributed by atoms with Crippen LogP contribution in [0.2, 0.25) is 0 Å². The van der Waals surface area contributed by atoms with E-state index in [4.69, 9.17) is 0 Å². The van der Waals surface area contributed by atoms with Gasteiger partial charge in [0.2, 0.25) is 0 Å². The van der Waals surface area contributed by atoms with Crippen LogP contribution in [0.1, 0.15) is 79.1 Å². The number of allylic oxidation sites excluding steroid dienone is 1. The van der Waals surface area contributed by atoms with Crippen LogP contribution in [-0.2, 0) is 9.59 Å². The molecule has 0 N–H and O–H groups in total. The van der Waals surface area contributed by atoms with Crippen LogP contribution >= 0.6 is 0 Å². The second-order valence-corrected chi connectivity index (χ2v) is 7.76. The van der Waals surface area contributed by atoms with Crippen LogP contribution < -0.4 is 0 Å². The molecule has 1 saturated carbocycles. The summed E-state index contributed by atoms with van der Waals surface area (Å²) in [6.07, 6.45) is 7.01. The molecule has 0 heterocycles. The second-order valence-electron chi connectivity index (χ2n) is 7.76. The van der Waals surface area contributed by atoms with Gasteiger partial charge in [0, 0.05) is 25.2 Å². The summed E-state index contributed by atoms with van der Waals surface area (Å²) >= 11 is 0. The summed E-state index contributed by atoms with van der Waals surface area (Å²) in [7, 11) is 0. The zero-order valence-electron chi connectivity index (χ0n) is 15.0. The van der Waals surface area contributed by atoms with Gasteiger partial charge in [0.15, 0.2) is 0 Å². The summed E-state index contributed by atoms with van der Waals surface area (Å²) in [5.41, 5.74) is 1.22. The van der Waals surface area contributed by atoms with E-state index in [-0.39, 0.29) is 5.92 Å². The molecule has 0 bridgehead atoms. The number of carbonyl (C=O) groups excluding carboxylic acids is 2. The summed E-state index contributed by atoms with van der Waals surface area (Å²) < 4.78 is 0. The topological polar surface area (TPSA) is 34.1 Å². The lowest BCUT2D eigenvalue weighted by Gasteiger charge is -2.22. The summed E-state index contributed by atoms with van der Waals surface area (Å²) in [6.45, 7) is 12.6. The molecule has 0 aromatic carbocycles. The van der Waals surface area contributed by atoms with Crippen molar-refractivity contribution in [3.63, 3.8) is 0 Å². The van der Waals surface area contributed by atoms with Crippen LogP contribution in [0.25, 0.3) is 0 Å². The molecule has 0 radical (unpaired) electrons. The average Bonchev–Trinajstić information content (AvgIpc) is 2.42. The number of rotatable bonds is 1. The summed E-state index contributed by atoms with van der Waals surface area (Å²) in [4.78, 5) is 24.4. The third-order valence-corrected chi connectivity index (χ3v) is 5.24. The highest BCUT2D eigenvalue weighted by atomic mass is 16.1. The standard InChI is InChI=1S/C20H34O2/c1-14(2)18-9-6-15(3)12-19(21)13-16(4)7-11-20(22)17(5)8-10-18/h15-18H,1,6-13H2,2-5H3/t15-,16-,17+,18-/m0/s1. The van der Waals surface area contributed by atoms with Gasteiger partial charge >= 0.3 is 0 Å². The van der Waals surface area contributed by atoms with Gasteiger partial charge in [-0.1, -0.05) is 32.9 Å². The van der Waals surface area contributed by atoms with E-state index in [0.29, 0.717) is 48.6 Å². The van der Waals surface area contributed by atoms with Crippen molar-refractivity contribution in [2.45, 2.75) is 79.1 Å². The number of ketones is 2. The molecule has 1 rings (SSSR count). The van der Waals surface area contributed by atoms with Crippen molar-refractivity contribution in [3.8, 4) is 0 Å². The van der Waals surface area contributed by atoms with Crippen LogP contribution in [-0.4, -0.2) is 11.6 Å². The van der Waals surface area contributed by atoms with Crippen molar-refractivity contribution in [1.82, 2.24) is 0 Å². The highest BCUT2D eigenvalue weighted by Gasteiger charge is 2.21. The maximum atomic E-state index is 12.2. The fourth-order valence-corrected chi connectivity index (χ4v) is 3.43. The summed E-state index contributed by atoms with van der Waals surface area (Å²) in [5, 5.41) is 0. The number of hydrogen-bond donors (Lipinski definition) is 0. The Hall–Kier alpha value is -0.920. The van der Waals surface area contributed by atoms with E-state index < -0.39 is 0 Å². The molecule has 0 aliphatic heterocycles. The van der Waals surface area contributed by atoms with Crippen LogP contribution in [0.15, 0.2) is 12.2 Å². The first-order valence-corrected chi connectivity index (χ1v) is 8.99. The lowest BCUT2D eigenvalue weighted by atomic mass is 9.82. The van der Waals surface area contributed by atoms with Crippen molar-refractivity contribution in [1.29, 1.82) is 0 Å². The van der Waals surface area contributed by atoms with Crippen LogP contribution in [0.4, 0.5) is 0 Å². The minimum absolute atomic E-state index is 0.144. The molecule has 0 aromatic rings. The molecular formula is C20H34O2. The van der Waals surface area contributed by atoms with Gasteiger partial charge in [-0.05, 0) is 56.8 Å². The van der Waals surface area contributed by atoms with Gasteiger partial charge in [-0.25, -0.2) is 0 Å². The third-order valence-electron chi connectivity index (χ3n) is 5.24. The zero-order chi connectivity index (χ0) is 16.7. The van der Waals surface area contributed by atoms with Crippen LogP contribution in [0, 0.1) is 23.7 Å². The van der Waals surface area contributed by atoms with Crippen LogP contribution in [0.3, 0.4) is 0 Å². The van der Waals surface area contributed by atoms with E-state index in [1.54, 1.807) is 0 Å². The van der Waals surface area contributed by atoms with E-state index >= 15 is 0 Å². The maximum Gasteiger partial charge on any atom is 0.135 e. The quantitative estimate of drug-likeness (QED) is 0.611. The third kappa shape index (κ3) is 6.89. The predicted molar refractivity (Wildman–Crippen MR) is 92.7 cm³/mol. The fourth-order valence-electron chi connectivity index (χ4n) is 3.43. The van der Waals surface area contributed by atoms with E-state index in [9.17, 15) is 9.59 Å². The molecule has 22 heavy (non-hydrogen) atoms. The maximum absolute atomic E-state index is 12.2. The van der Waals surface area contributed by atoms with E-state index in [0.717, 1.165) is 32.1 Å². The molecule has 0 aromatic heterocycles. The molecule has 1 fully saturated rings. The largest absolute Gasteiger partial charge is 0.300 e. The Labute approximate surface area is 136 Å². The number of hydrogen-bond acceptors (Lipinski definition) is 2. The van der Waals surface area contributed by atoms with Gasteiger partial charge in [0.25, 0.3) is 0 Å². The molecule has 1 aliphatic rings. The lowest BCUT2D eigenvalue weighted by molar-refractivity contribution is -0.124. The molecule has 2 heteroatoms. The Bertz CT molecular complexity index is 397. The normalized spacial score (nSPS) is 33.3. The molecular weight excluding hydrogens is 272 g/mol. The number of carbonyl (C=O) groups is 2. The Kier molecular flexibility index (Phi) is 8.06. The number of Topliss-reactive ketones (excluding diaryl/α,β-unsaturated/α-hetero) is 2. The van der Waals surface area contributed by atoms with Crippen molar-refractivity contribution >= 4 is 11.6 Å². The van der Waals surface area contributed by atoms with E-state index in [2.05, 4.69) is 34.3 Å². The van der Waals surface area contributed by atoms with Gasteiger partial charge in [-0.3, -0.25) is 9.59 Å². The molecule has 2 nitrogen and oxygen atoms in total. The first-order valence-electron chi connectivity index (χ1n) is 8.99. The minimum Gasteiger partial charge on any atom is -0.300 e. The van der Waals surface area contributed by atoms with E-state index in [1.807, 2.05) is 0 Å². The summed E-state index contributed by atoms with van der Waals surface area (Å²) in [5.74, 6) is 2.17. The highest BCUT2D eigenvalue weighted by molar-refractivity contribution is 5.81. The SMILES string of the molecule is C=C(C)[C@H]1CC[C@H](C)CC(=O)C[C@@H](C)CCC(=O)[C@H](C)CC1. The highest BCUT2D eigenvalue weighted by Crippen LogP contribution is 2.28. The molecule has 0 spiro atoms. The van der Waals surface area contributed by atoms with Crippen molar-refractivity contribution < 1.29 is 9.59 Å². The Morgan fingerprint density at radius 1 is 0.909 bits per heavy atom. The van der Waals surface area contributed by atoms with Crippen molar-refractivity contribution in [3.05, 3.63) is 12.2 Å². The smallest absolute Gasteiger partial charge is 0.135 e. The lowest BCUT2D eigenvalue weighted by Crippen LogP contribution is -2.17. The van der Waals surface area contributed by atoms with E-state index in [1.165, 1.54) is 5.57 Å².